The predicted molar refractivity (Wildman–Crippen MR) is 66.5 cm³/mol. The summed E-state index contributed by atoms with van der Waals surface area (Å²) in [6, 6.07) is 12.8. The number of hydrogen-bond donors (Lipinski definition) is 0. The van der Waals surface area contributed by atoms with Crippen molar-refractivity contribution in [1.29, 1.82) is 5.26 Å². The zero-order valence-electron chi connectivity index (χ0n) is 8.86. The van der Waals surface area contributed by atoms with Gasteiger partial charge in [-0.1, -0.05) is 18.2 Å². The molecule has 2 aromatic rings. The van der Waals surface area contributed by atoms with Gasteiger partial charge in [-0.25, -0.2) is 0 Å². The topological polar surface area (TPSA) is 23.8 Å². The number of nitrogens with zero attached hydrogens (tertiary/aromatic N) is 1. The molecular weight excluding hydrogens is 214 g/mol. The molecule has 1 aliphatic carbocycles. The molecule has 2 heteroatoms. The van der Waals surface area contributed by atoms with Crippen LogP contribution in [0.3, 0.4) is 0 Å². The van der Waals surface area contributed by atoms with E-state index in [-0.39, 0.29) is 0 Å². The van der Waals surface area contributed by atoms with Gasteiger partial charge in [-0.2, -0.15) is 5.26 Å². The maximum Gasteiger partial charge on any atom is 0.110 e. The van der Waals surface area contributed by atoms with Crippen LogP contribution >= 0.6 is 11.3 Å². The van der Waals surface area contributed by atoms with Gasteiger partial charge in [0.15, 0.2) is 0 Å². The third-order valence-corrected chi connectivity index (χ3v) is 4.14. The quantitative estimate of drug-likeness (QED) is 0.724. The number of benzene rings is 1. The van der Waals surface area contributed by atoms with E-state index in [1.807, 2.05) is 12.1 Å². The van der Waals surface area contributed by atoms with Crippen LogP contribution < -0.4 is 0 Å². The van der Waals surface area contributed by atoms with Crippen LogP contribution in [0.15, 0.2) is 30.3 Å². The van der Waals surface area contributed by atoms with Crippen molar-refractivity contribution in [2.45, 2.75) is 19.3 Å². The molecular formula is C14H11NS. The fourth-order valence-electron chi connectivity index (χ4n) is 2.28. The van der Waals surface area contributed by atoms with E-state index in [1.165, 1.54) is 40.8 Å². The van der Waals surface area contributed by atoms with Crippen molar-refractivity contribution in [2.75, 3.05) is 0 Å². The highest BCUT2D eigenvalue weighted by molar-refractivity contribution is 7.16. The zero-order chi connectivity index (χ0) is 11.0. The first-order valence-electron chi connectivity index (χ1n) is 5.49. The first-order valence-corrected chi connectivity index (χ1v) is 6.30. The van der Waals surface area contributed by atoms with E-state index in [0.717, 1.165) is 4.88 Å². The van der Waals surface area contributed by atoms with Gasteiger partial charge in [0.25, 0.3) is 0 Å². The molecule has 1 aliphatic rings. The smallest absolute Gasteiger partial charge is 0.110 e. The molecule has 0 bridgehead atoms. The van der Waals surface area contributed by atoms with Gasteiger partial charge in [0.1, 0.15) is 10.9 Å². The van der Waals surface area contributed by atoms with Gasteiger partial charge in [0.05, 0.1) is 0 Å². The highest BCUT2D eigenvalue weighted by Crippen LogP contribution is 2.31. The molecule has 0 amide bonds. The Bertz CT molecular complexity index is 575. The van der Waals surface area contributed by atoms with Gasteiger partial charge in [-0.05, 0) is 48.1 Å². The standard InChI is InChI=1S/C14H11NS/c15-9-13-6-7-14(16-13)12-5-4-10-2-1-3-11(10)8-12/h4-8H,1-3H2. The maximum atomic E-state index is 8.81. The molecule has 0 fully saturated rings. The second kappa shape index (κ2) is 3.77. The highest BCUT2D eigenvalue weighted by atomic mass is 32.1. The Morgan fingerprint density at radius 3 is 2.75 bits per heavy atom. The van der Waals surface area contributed by atoms with Crippen LogP contribution in [-0.2, 0) is 12.8 Å². The van der Waals surface area contributed by atoms with E-state index in [9.17, 15) is 0 Å². The molecule has 1 aromatic carbocycles. The van der Waals surface area contributed by atoms with E-state index < -0.39 is 0 Å². The van der Waals surface area contributed by atoms with Gasteiger partial charge in [0, 0.05) is 4.88 Å². The Hall–Kier alpha value is -1.59. The Morgan fingerprint density at radius 2 is 1.94 bits per heavy atom. The molecule has 0 unspecified atom stereocenters. The van der Waals surface area contributed by atoms with Crippen LogP contribution in [0.4, 0.5) is 0 Å². The maximum absolute atomic E-state index is 8.81. The summed E-state index contributed by atoms with van der Waals surface area (Å²) in [6.45, 7) is 0. The molecule has 1 nitrogen and oxygen atoms in total. The minimum Gasteiger partial charge on any atom is -0.192 e. The van der Waals surface area contributed by atoms with Gasteiger partial charge >= 0.3 is 0 Å². The molecule has 0 aliphatic heterocycles. The highest BCUT2D eigenvalue weighted by Gasteiger charge is 2.12. The monoisotopic (exact) mass is 225 g/mol. The van der Waals surface area contributed by atoms with Gasteiger partial charge < -0.3 is 0 Å². The van der Waals surface area contributed by atoms with Crippen LogP contribution in [0.1, 0.15) is 22.4 Å². The van der Waals surface area contributed by atoms with Crippen molar-refractivity contribution in [1.82, 2.24) is 0 Å². The van der Waals surface area contributed by atoms with E-state index in [1.54, 1.807) is 11.3 Å². The normalized spacial score (nSPS) is 13.4. The van der Waals surface area contributed by atoms with E-state index in [4.69, 9.17) is 5.26 Å². The summed E-state index contributed by atoms with van der Waals surface area (Å²) in [5.41, 5.74) is 4.25. The summed E-state index contributed by atoms with van der Waals surface area (Å²) in [4.78, 5) is 1.99. The first kappa shape index (κ1) is 9.62. The molecule has 0 atom stereocenters. The SMILES string of the molecule is N#Cc1ccc(-c2ccc3c(c2)CCC3)s1. The van der Waals surface area contributed by atoms with Gasteiger partial charge in [-0.15, -0.1) is 11.3 Å². The fourth-order valence-corrected chi connectivity index (χ4v) is 3.08. The molecule has 0 radical (unpaired) electrons. The number of thiophene rings is 1. The Morgan fingerprint density at radius 1 is 1.06 bits per heavy atom. The van der Waals surface area contributed by atoms with Crippen molar-refractivity contribution in [3.8, 4) is 16.5 Å². The lowest BCUT2D eigenvalue weighted by molar-refractivity contribution is 0.912. The summed E-state index contributed by atoms with van der Waals surface area (Å²) in [6.07, 6.45) is 3.72. The molecule has 1 heterocycles. The first-order chi connectivity index (χ1) is 7.86. The zero-order valence-corrected chi connectivity index (χ0v) is 9.68. The molecule has 0 saturated heterocycles. The largest absolute Gasteiger partial charge is 0.192 e. The summed E-state index contributed by atoms with van der Waals surface area (Å²) in [5.74, 6) is 0. The molecule has 0 spiro atoms. The number of aryl methyl sites for hydroxylation is 2. The molecule has 0 saturated carbocycles. The van der Waals surface area contributed by atoms with Gasteiger partial charge in [-0.3, -0.25) is 0 Å². The number of nitriles is 1. The van der Waals surface area contributed by atoms with Crippen LogP contribution in [-0.4, -0.2) is 0 Å². The molecule has 1 aromatic heterocycles. The van der Waals surface area contributed by atoms with Crippen molar-refractivity contribution >= 4 is 11.3 Å². The van der Waals surface area contributed by atoms with Crippen LogP contribution in [0, 0.1) is 11.3 Å². The van der Waals surface area contributed by atoms with Crippen LogP contribution in [0.2, 0.25) is 0 Å². The molecule has 16 heavy (non-hydrogen) atoms. The van der Waals surface area contributed by atoms with E-state index >= 15 is 0 Å². The lowest BCUT2D eigenvalue weighted by Gasteiger charge is -2.02. The predicted octanol–water partition coefficient (Wildman–Crippen LogP) is 3.78. The van der Waals surface area contributed by atoms with Crippen molar-refractivity contribution in [2.24, 2.45) is 0 Å². The van der Waals surface area contributed by atoms with Crippen LogP contribution in [0.5, 0.6) is 0 Å². The third kappa shape index (κ3) is 1.54. The van der Waals surface area contributed by atoms with Crippen LogP contribution in [0.25, 0.3) is 10.4 Å². The number of rotatable bonds is 1. The Balaban J connectivity index is 2.04. The second-order valence-electron chi connectivity index (χ2n) is 4.11. The van der Waals surface area contributed by atoms with Crippen molar-refractivity contribution in [3.63, 3.8) is 0 Å². The van der Waals surface area contributed by atoms with Crippen molar-refractivity contribution in [3.05, 3.63) is 46.3 Å². The summed E-state index contributed by atoms with van der Waals surface area (Å²) in [5, 5.41) is 8.81. The lowest BCUT2D eigenvalue weighted by Crippen LogP contribution is -1.82. The Kier molecular flexibility index (Phi) is 2.27. The average Bonchev–Trinajstić information content (AvgIpc) is 2.96. The van der Waals surface area contributed by atoms with E-state index in [2.05, 4.69) is 24.3 Å². The molecule has 78 valence electrons. The molecule has 3 rings (SSSR count). The number of hydrogen-bond acceptors (Lipinski definition) is 2. The number of fused-ring (bicyclic) bond motifs is 1. The van der Waals surface area contributed by atoms with Crippen molar-refractivity contribution < 1.29 is 0 Å². The fraction of sp³-hybridized carbons (Fsp3) is 0.214. The Labute approximate surface area is 99.0 Å². The van der Waals surface area contributed by atoms with Gasteiger partial charge in [0.2, 0.25) is 0 Å². The average molecular weight is 225 g/mol. The third-order valence-electron chi connectivity index (χ3n) is 3.10. The minimum atomic E-state index is 0.787. The summed E-state index contributed by atoms with van der Waals surface area (Å²) < 4.78 is 0. The summed E-state index contributed by atoms with van der Waals surface area (Å²) in [7, 11) is 0. The van der Waals surface area contributed by atoms with E-state index in [0.29, 0.717) is 0 Å². The lowest BCUT2D eigenvalue weighted by atomic mass is 10.1. The summed E-state index contributed by atoms with van der Waals surface area (Å²) >= 11 is 1.57. The molecule has 0 N–H and O–H groups in total. The second-order valence-corrected chi connectivity index (χ2v) is 5.20. The minimum absolute atomic E-state index is 0.787.